The van der Waals surface area contributed by atoms with Crippen molar-refractivity contribution in [2.75, 3.05) is 6.61 Å². The quantitative estimate of drug-likeness (QED) is 0.711. The van der Waals surface area contributed by atoms with E-state index in [-0.39, 0.29) is 18.6 Å². The number of aromatic nitrogens is 1. The highest BCUT2D eigenvalue weighted by molar-refractivity contribution is 7.09. The van der Waals surface area contributed by atoms with Gasteiger partial charge in [-0.1, -0.05) is 19.8 Å². The number of nitrogens with one attached hydrogen (secondary N) is 1. The van der Waals surface area contributed by atoms with Gasteiger partial charge >= 0.3 is 5.97 Å². The standard InChI is InChI=1S/C21H26N2O4S/c1-14-5-3-4-6-19(14)23-20(24)12-27-21(25)16-7-9-18(10-8-16)26-11-17-13-28-15(2)22-17/h7-10,13-14,19H,3-6,11-12H2,1-2H3,(H,23,24)/t14-,19-/m0/s1. The molecule has 0 radical (unpaired) electrons. The lowest BCUT2D eigenvalue weighted by Gasteiger charge is -2.29. The van der Waals surface area contributed by atoms with Crippen molar-refractivity contribution in [3.63, 3.8) is 0 Å². The smallest absolute Gasteiger partial charge is 0.338 e. The van der Waals surface area contributed by atoms with Crippen LogP contribution >= 0.6 is 11.3 Å². The third kappa shape index (κ3) is 5.79. The predicted octanol–water partition coefficient (Wildman–Crippen LogP) is 3.88. The number of benzene rings is 1. The molecular weight excluding hydrogens is 376 g/mol. The minimum atomic E-state index is -0.520. The molecule has 1 heterocycles. The predicted molar refractivity (Wildman–Crippen MR) is 107 cm³/mol. The van der Waals surface area contributed by atoms with Crippen LogP contribution in [0, 0.1) is 12.8 Å². The molecule has 1 N–H and O–H groups in total. The number of ether oxygens (including phenoxy) is 2. The average Bonchev–Trinajstić information content (AvgIpc) is 3.12. The Labute approximate surface area is 169 Å². The topological polar surface area (TPSA) is 77.5 Å². The second kappa shape index (κ2) is 9.68. The van der Waals surface area contributed by atoms with Crippen molar-refractivity contribution in [1.29, 1.82) is 0 Å². The number of carbonyl (C=O) groups excluding carboxylic acids is 2. The number of hydrogen-bond donors (Lipinski definition) is 1. The highest BCUT2D eigenvalue weighted by Crippen LogP contribution is 2.23. The largest absolute Gasteiger partial charge is 0.487 e. The molecular formula is C21H26N2O4S. The number of esters is 1. The summed E-state index contributed by atoms with van der Waals surface area (Å²) in [5, 5.41) is 5.93. The molecule has 150 valence electrons. The van der Waals surface area contributed by atoms with Crippen LogP contribution < -0.4 is 10.1 Å². The fraction of sp³-hybridized carbons (Fsp3) is 0.476. The molecule has 1 aliphatic rings. The van der Waals surface area contributed by atoms with Gasteiger partial charge in [-0.15, -0.1) is 11.3 Å². The maximum Gasteiger partial charge on any atom is 0.338 e. The van der Waals surface area contributed by atoms with E-state index in [2.05, 4.69) is 17.2 Å². The molecule has 0 spiro atoms. The zero-order valence-electron chi connectivity index (χ0n) is 16.3. The van der Waals surface area contributed by atoms with Crippen molar-refractivity contribution in [3.05, 3.63) is 45.9 Å². The molecule has 1 aromatic carbocycles. The minimum absolute atomic E-state index is 0.179. The van der Waals surface area contributed by atoms with Crippen molar-refractivity contribution in [2.45, 2.75) is 52.2 Å². The van der Waals surface area contributed by atoms with Gasteiger partial charge in [-0.25, -0.2) is 9.78 Å². The summed E-state index contributed by atoms with van der Waals surface area (Å²) >= 11 is 1.58. The summed E-state index contributed by atoms with van der Waals surface area (Å²) < 4.78 is 10.8. The van der Waals surface area contributed by atoms with Crippen LogP contribution in [0.25, 0.3) is 0 Å². The van der Waals surface area contributed by atoms with Crippen molar-refractivity contribution in [3.8, 4) is 5.75 Å². The van der Waals surface area contributed by atoms with E-state index in [1.807, 2.05) is 12.3 Å². The lowest BCUT2D eigenvalue weighted by molar-refractivity contribution is -0.125. The van der Waals surface area contributed by atoms with Crippen LogP contribution in [0.4, 0.5) is 0 Å². The molecule has 1 aliphatic carbocycles. The molecule has 0 saturated heterocycles. The van der Waals surface area contributed by atoms with Gasteiger partial charge in [0, 0.05) is 11.4 Å². The Bertz CT molecular complexity index is 803. The van der Waals surface area contributed by atoms with Gasteiger partial charge in [-0.2, -0.15) is 0 Å². The number of nitrogens with zero attached hydrogens (tertiary/aromatic N) is 1. The molecule has 2 atom stereocenters. The summed E-state index contributed by atoms with van der Waals surface area (Å²) in [4.78, 5) is 28.5. The van der Waals surface area contributed by atoms with Crippen LogP contribution in [0.2, 0.25) is 0 Å². The highest BCUT2D eigenvalue weighted by atomic mass is 32.1. The van der Waals surface area contributed by atoms with Crippen LogP contribution in [-0.2, 0) is 16.1 Å². The first-order valence-electron chi connectivity index (χ1n) is 9.61. The van der Waals surface area contributed by atoms with Crippen molar-refractivity contribution in [1.82, 2.24) is 10.3 Å². The van der Waals surface area contributed by atoms with Crippen LogP contribution in [0.15, 0.2) is 29.6 Å². The highest BCUT2D eigenvalue weighted by Gasteiger charge is 2.23. The summed E-state index contributed by atoms with van der Waals surface area (Å²) in [7, 11) is 0. The van der Waals surface area contributed by atoms with E-state index in [1.165, 1.54) is 6.42 Å². The Balaban J connectivity index is 1.43. The maximum absolute atomic E-state index is 12.1. The maximum atomic E-state index is 12.1. The normalized spacial score (nSPS) is 19.1. The second-order valence-corrected chi connectivity index (χ2v) is 8.25. The molecule has 0 aliphatic heterocycles. The fourth-order valence-corrected chi connectivity index (χ4v) is 3.91. The Kier molecular flexibility index (Phi) is 7.03. The summed E-state index contributed by atoms with van der Waals surface area (Å²) in [6, 6.07) is 6.85. The number of amides is 1. The van der Waals surface area contributed by atoms with E-state index < -0.39 is 5.97 Å². The molecule has 28 heavy (non-hydrogen) atoms. The van der Waals surface area contributed by atoms with Crippen molar-refractivity contribution < 1.29 is 19.1 Å². The molecule has 0 unspecified atom stereocenters. The van der Waals surface area contributed by atoms with Gasteiger partial charge in [0.2, 0.25) is 0 Å². The Morgan fingerprint density at radius 2 is 1.96 bits per heavy atom. The van der Waals surface area contributed by atoms with Gasteiger partial charge in [-0.05, 0) is 49.9 Å². The fourth-order valence-electron chi connectivity index (χ4n) is 3.31. The van der Waals surface area contributed by atoms with Gasteiger partial charge in [-0.3, -0.25) is 4.79 Å². The zero-order chi connectivity index (χ0) is 19.9. The van der Waals surface area contributed by atoms with E-state index in [4.69, 9.17) is 9.47 Å². The van der Waals surface area contributed by atoms with Crippen molar-refractivity contribution in [2.24, 2.45) is 5.92 Å². The molecule has 7 heteroatoms. The van der Waals surface area contributed by atoms with Gasteiger partial charge in [0.25, 0.3) is 5.91 Å². The van der Waals surface area contributed by atoms with Crippen LogP contribution in [0.1, 0.15) is 53.7 Å². The second-order valence-electron chi connectivity index (χ2n) is 7.18. The molecule has 1 aromatic heterocycles. The molecule has 2 aromatic rings. The monoisotopic (exact) mass is 402 g/mol. The molecule has 6 nitrogen and oxygen atoms in total. The first kappa shape index (κ1) is 20.3. The number of rotatable bonds is 7. The molecule has 1 amide bonds. The average molecular weight is 403 g/mol. The third-order valence-electron chi connectivity index (χ3n) is 4.94. The van der Waals surface area contributed by atoms with Crippen LogP contribution in [-0.4, -0.2) is 29.5 Å². The van der Waals surface area contributed by atoms with E-state index in [0.29, 0.717) is 23.8 Å². The first-order chi connectivity index (χ1) is 13.5. The Morgan fingerprint density at radius 3 is 2.64 bits per heavy atom. The lowest BCUT2D eigenvalue weighted by atomic mass is 9.86. The van der Waals surface area contributed by atoms with Gasteiger partial charge in [0.05, 0.1) is 16.3 Å². The minimum Gasteiger partial charge on any atom is -0.487 e. The molecule has 1 fully saturated rings. The van der Waals surface area contributed by atoms with E-state index >= 15 is 0 Å². The number of hydrogen-bond acceptors (Lipinski definition) is 6. The lowest BCUT2D eigenvalue weighted by Crippen LogP contribution is -2.42. The Hall–Kier alpha value is -2.41. The number of thiazole rings is 1. The van der Waals surface area contributed by atoms with Gasteiger partial charge in [0.15, 0.2) is 6.61 Å². The first-order valence-corrected chi connectivity index (χ1v) is 10.5. The van der Waals surface area contributed by atoms with Crippen LogP contribution in [0.3, 0.4) is 0 Å². The number of carbonyl (C=O) groups is 2. The van der Waals surface area contributed by atoms with Crippen molar-refractivity contribution >= 4 is 23.2 Å². The summed E-state index contributed by atoms with van der Waals surface area (Å²) in [6.07, 6.45) is 4.46. The van der Waals surface area contributed by atoms with Gasteiger partial charge < -0.3 is 14.8 Å². The van der Waals surface area contributed by atoms with Crippen LogP contribution in [0.5, 0.6) is 5.75 Å². The third-order valence-corrected chi connectivity index (χ3v) is 5.76. The summed E-state index contributed by atoms with van der Waals surface area (Å²) in [6.45, 7) is 4.22. The van der Waals surface area contributed by atoms with E-state index in [0.717, 1.165) is 30.0 Å². The van der Waals surface area contributed by atoms with E-state index in [9.17, 15) is 9.59 Å². The summed E-state index contributed by atoms with van der Waals surface area (Å²) in [5.41, 5.74) is 1.26. The van der Waals surface area contributed by atoms with Gasteiger partial charge in [0.1, 0.15) is 12.4 Å². The van der Waals surface area contributed by atoms with E-state index in [1.54, 1.807) is 35.6 Å². The zero-order valence-corrected chi connectivity index (χ0v) is 17.1. The Morgan fingerprint density at radius 1 is 1.21 bits per heavy atom. The molecule has 3 rings (SSSR count). The molecule has 1 saturated carbocycles. The number of aryl methyl sites for hydroxylation is 1. The SMILES string of the molecule is Cc1nc(COc2ccc(C(=O)OCC(=O)N[C@H]3CCCC[C@@H]3C)cc2)cs1. The summed E-state index contributed by atoms with van der Waals surface area (Å²) in [5.74, 6) is 0.347. The molecule has 0 bridgehead atoms.